The molecule has 0 bridgehead atoms. The molecule has 1 N–H and O–H groups in total. The Bertz CT molecular complexity index is 871. The minimum absolute atomic E-state index is 0.0279. The molecule has 156 valence electrons. The number of benzene rings is 1. The number of phenols is 1. The maximum atomic E-state index is 13.1. The number of Topliss-reactive ketones (excluding diaryl/α,β-unsaturated/α-hetero) is 1. The van der Waals surface area contributed by atoms with Crippen LogP contribution in [0.3, 0.4) is 0 Å². The molecular weight excluding hydrogens is 386 g/mol. The standard InChI is InChI=1S/C23H29NO4S/c1-5-29-10-9-28-22(27)19-14(2)24-17-12-23(3,4)13-18(26)21(17)20(19)15-7-6-8-16(25)11-15/h6-8,11,19-20,25H,5,9-10,12-13H2,1-4H3/t19?,20-/m0/s1. The zero-order chi connectivity index (χ0) is 21.2. The number of thioether (sulfide) groups is 1. The summed E-state index contributed by atoms with van der Waals surface area (Å²) in [5.41, 5.74) is 2.61. The Balaban J connectivity index is 2.02. The summed E-state index contributed by atoms with van der Waals surface area (Å²) < 4.78 is 5.55. The molecule has 29 heavy (non-hydrogen) atoms. The quantitative estimate of drug-likeness (QED) is 0.547. The molecular formula is C23H29NO4S. The molecule has 2 atom stereocenters. The number of carbonyl (C=O) groups excluding carboxylic acids is 2. The number of hydrogen-bond acceptors (Lipinski definition) is 6. The van der Waals surface area contributed by atoms with E-state index < -0.39 is 11.8 Å². The van der Waals surface area contributed by atoms with Crippen LogP contribution in [-0.2, 0) is 14.3 Å². The number of esters is 1. The summed E-state index contributed by atoms with van der Waals surface area (Å²) in [6.07, 6.45) is 1.11. The van der Waals surface area contributed by atoms with Gasteiger partial charge in [-0.1, -0.05) is 32.9 Å². The second-order valence-electron chi connectivity index (χ2n) is 8.47. The summed E-state index contributed by atoms with van der Waals surface area (Å²) in [6, 6.07) is 6.81. The lowest BCUT2D eigenvalue weighted by atomic mass is 9.67. The maximum absolute atomic E-state index is 13.1. The van der Waals surface area contributed by atoms with E-state index in [-0.39, 0.29) is 22.9 Å². The number of aromatic hydroxyl groups is 1. The van der Waals surface area contributed by atoms with E-state index in [1.54, 1.807) is 30.0 Å². The molecule has 1 aromatic rings. The van der Waals surface area contributed by atoms with Crippen LogP contribution in [0.4, 0.5) is 0 Å². The molecule has 0 radical (unpaired) electrons. The highest BCUT2D eigenvalue weighted by Crippen LogP contribution is 2.48. The van der Waals surface area contributed by atoms with Gasteiger partial charge in [0.15, 0.2) is 5.78 Å². The van der Waals surface area contributed by atoms with Crippen molar-refractivity contribution in [2.24, 2.45) is 16.3 Å². The predicted molar refractivity (Wildman–Crippen MR) is 116 cm³/mol. The lowest BCUT2D eigenvalue weighted by Crippen LogP contribution is -2.39. The van der Waals surface area contributed by atoms with Crippen molar-refractivity contribution in [3.05, 3.63) is 41.1 Å². The number of aliphatic imine (C=N–C) groups is 1. The first-order valence-electron chi connectivity index (χ1n) is 10.1. The molecule has 0 saturated heterocycles. The third-order valence-corrected chi connectivity index (χ3v) is 6.33. The molecule has 1 aliphatic carbocycles. The van der Waals surface area contributed by atoms with Crippen LogP contribution in [0.2, 0.25) is 0 Å². The molecule has 1 aromatic carbocycles. The highest BCUT2D eigenvalue weighted by Gasteiger charge is 2.46. The Morgan fingerprint density at radius 3 is 2.79 bits per heavy atom. The summed E-state index contributed by atoms with van der Waals surface area (Å²) in [6.45, 7) is 8.36. The van der Waals surface area contributed by atoms with Crippen molar-refractivity contribution in [2.45, 2.75) is 46.5 Å². The second kappa shape index (κ2) is 8.74. The number of ketones is 1. The number of phenolic OH excluding ortho intramolecular Hbond substituents is 1. The number of allylic oxidation sites excluding steroid dienone is 2. The first kappa shape index (κ1) is 21.6. The fraction of sp³-hybridized carbons (Fsp3) is 0.522. The molecule has 0 fully saturated rings. The van der Waals surface area contributed by atoms with Gasteiger partial charge < -0.3 is 9.84 Å². The third-order valence-electron chi connectivity index (χ3n) is 5.46. The largest absolute Gasteiger partial charge is 0.508 e. The number of nitrogens with zero attached hydrogens (tertiary/aromatic N) is 1. The topological polar surface area (TPSA) is 76.0 Å². The minimum atomic E-state index is -0.660. The summed E-state index contributed by atoms with van der Waals surface area (Å²) in [4.78, 5) is 30.9. The first-order chi connectivity index (χ1) is 13.7. The van der Waals surface area contributed by atoms with Crippen LogP contribution in [0.1, 0.15) is 52.0 Å². The molecule has 1 heterocycles. The summed E-state index contributed by atoms with van der Waals surface area (Å²) >= 11 is 1.71. The van der Waals surface area contributed by atoms with Crippen LogP contribution in [0, 0.1) is 11.3 Å². The molecule has 0 spiro atoms. The van der Waals surface area contributed by atoms with E-state index in [1.165, 1.54) is 0 Å². The van der Waals surface area contributed by atoms with E-state index in [0.29, 0.717) is 30.7 Å². The van der Waals surface area contributed by atoms with E-state index in [1.807, 2.05) is 13.0 Å². The van der Waals surface area contributed by atoms with Crippen molar-refractivity contribution in [2.75, 3.05) is 18.1 Å². The van der Waals surface area contributed by atoms with Gasteiger partial charge in [0, 0.05) is 35.1 Å². The van der Waals surface area contributed by atoms with E-state index in [4.69, 9.17) is 9.73 Å². The zero-order valence-corrected chi connectivity index (χ0v) is 18.3. The van der Waals surface area contributed by atoms with Gasteiger partial charge in [0.05, 0.1) is 0 Å². The summed E-state index contributed by atoms with van der Waals surface area (Å²) in [5.74, 6) is 0.342. The van der Waals surface area contributed by atoms with Crippen molar-refractivity contribution < 1.29 is 19.4 Å². The summed E-state index contributed by atoms with van der Waals surface area (Å²) in [7, 11) is 0. The second-order valence-corrected chi connectivity index (χ2v) is 9.86. The normalized spacial score (nSPS) is 23.4. The fourth-order valence-electron chi connectivity index (χ4n) is 4.26. The summed E-state index contributed by atoms with van der Waals surface area (Å²) in [5, 5.41) is 10.0. The lowest BCUT2D eigenvalue weighted by Gasteiger charge is -2.39. The van der Waals surface area contributed by atoms with Gasteiger partial charge in [0.2, 0.25) is 0 Å². The van der Waals surface area contributed by atoms with Crippen LogP contribution in [0.25, 0.3) is 0 Å². The Morgan fingerprint density at radius 2 is 2.10 bits per heavy atom. The molecule has 0 aromatic heterocycles. The predicted octanol–water partition coefficient (Wildman–Crippen LogP) is 4.51. The van der Waals surface area contributed by atoms with Gasteiger partial charge in [0.1, 0.15) is 18.3 Å². The molecule has 1 aliphatic heterocycles. The average molecular weight is 416 g/mol. The van der Waals surface area contributed by atoms with Gasteiger partial charge in [-0.3, -0.25) is 14.6 Å². The van der Waals surface area contributed by atoms with Crippen LogP contribution in [0.5, 0.6) is 5.75 Å². The SMILES string of the molecule is CCSCCOC(=O)C1C(C)=NC2=C(C(=O)CC(C)(C)C2)[C@H]1c1cccc(O)c1. The molecule has 0 saturated carbocycles. The molecule has 3 rings (SSSR count). The zero-order valence-electron chi connectivity index (χ0n) is 17.5. The maximum Gasteiger partial charge on any atom is 0.315 e. The van der Waals surface area contributed by atoms with E-state index >= 15 is 0 Å². The Morgan fingerprint density at radius 1 is 1.34 bits per heavy atom. The molecule has 1 unspecified atom stereocenters. The van der Waals surface area contributed by atoms with Gasteiger partial charge >= 0.3 is 5.97 Å². The Hall–Kier alpha value is -2.08. The Labute approximate surface area is 176 Å². The highest BCUT2D eigenvalue weighted by atomic mass is 32.2. The fourth-order valence-corrected chi connectivity index (χ4v) is 4.75. The van der Waals surface area contributed by atoms with Gasteiger partial charge in [-0.15, -0.1) is 0 Å². The number of hydrogen-bond donors (Lipinski definition) is 1. The number of carbonyl (C=O) groups is 2. The number of rotatable bonds is 6. The molecule has 0 amide bonds. The van der Waals surface area contributed by atoms with E-state index in [0.717, 1.165) is 22.8 Å². The lowest BCUT2D eigenvalue weighted by molar-refractivity contribution is -0.145. The average Bonchev–Trinajstić information content (AvgIpc) is 2.63. The molecule has 2 aliphatic rings. The van der Waals surface area contributed by atoms with Crippen LogP contribution >= 0.6 is 11.8 Å². The first-order valence-corrected chi connectivity index (χ1v) is 11.2. The van der Waals surface area contributed by atoms with Crippen molar-refractivity contribution in [1.82, 2.24) is 0 Å². The van der Waals surface area contributed by atoms with E-state index in [9.17, 15) is 14.7 Å². The van der Waals surface area contributed by atoms with Crippen LogP contribution in [-0.4, -0.2) is 40.7 Å². The highest BCUT2D eigenvalue weighted by molar-refractivity contribution is 7.99. The van der Waals surface area contributed by atoms with Crippen molar-refractivity contribution >= 4 is 29.2 Å². The van der Waals surface area contributed by atoms with Gasteiger partial charge in [0.25, 0.3) is 0 Å². The van der Waals surface area contributed by atoms with Gasteiger partial charge in [-0.25, -0.2) is 0 Å². The molecule has 5 nitrogen and oxygen atoms in total. The smallest absolute Gasteiger partial charge is 0.315 e. The van der Waals surface area contributed by atoms with Crippen molar-refractivity contribution in [3.63, 3.8) is 0 Å². The van der Waals surface area contributed by atoms with Crippen molar-refractivity contribution in [1.29, 1.82) is 0 Å². The van der Waals surface area contributed by atoms with E-state index in [2.05, 4.69) is 20.8 Å². The van der Waals surface area contributed by atoms with Crippen molar-refractivity contribution in [3.8, 4) is 5.75 Å². The van der Waals surface area contributed by atoms with Crippen LogP contribution < -0.4 is 0 Å². The van der Waals surface area contributed by atoms with Crippen LogP contribution in [0.15, 0.2) is 40.5 Å². The molecule has 6 heteroatoms. The monoisotopic (exact) mass is 415 g/mol. The van der Waals surface area contributed by atoms with Gasteiger partial charge in [-0.05, 0) is 42.2 Å². The Kier molecular flexibility index (Phi) is 6.52. The number of ether oxygens (including phenoxy) is 1. The minimum Gasteiger partial charge on any atom is -0.508 e. The van der Waals surface area contributed by atoms with Gasteiger partial charge in [-0.2, -0.15) is 11.8 Å². The third kappa shape index (κ3) is 4.74.